The van der Waals surface area contributed by atoms with E-state index in [9.17, 15) is 26.0 Å². The maximum Gasteiger partial charge on any atom is 0.387 e. The van der Waals surface area contributed by atoms with Crippen LogP contribution >= 0.6 is 11.6 Å². The third kappa shape index (κ3) is 6.89. The maximum absolute atomic E-state index is 14.9. The zero-order chi connectivity index (χ0) is 26.5. The lowest BCUT2D eigenvalue weighted by molar-refractivity contribution is -0.0498. The number of alkyl halides is 2. The molecule has 8 nitrogen and oxygen atoms in total. The van der Waals surface area contributed by atoms with Gasteiger partial charge in [-0.15, -0.1) is 0 Å². The molecule has 0 saturated carbocycles. The summed E-state index contributed by atoms with van der Waals surface area (Å²) in [6, 6.07) is 7.99. The van der Waals surface area contributed by atoms with E-state index in [2.05, 4.69) is 25.1 Å². The van der Waals surface area contributed by atoms with E-state index in [1.165, 1.54) is 18.2 Å². The van der Waals surface area contributed by atoms with Crippen molar-refractivity contribution in [3.05, 3.63) is 65.3 Å². The molecule has 194 valence electrons. The highest BCUT2D eigenvalue weighted by molar-refractivity contribution is 7.92. The van der Waals surface area contributed by atoms with Gasteiger partial charge in [0, 0.05) is 32.3 Å². The van der Waals surface area contributed by atoms with Crippen LogP contribution in [0.25, 0.3) is 0 Å². The number of likely N-dealkylation sites (N-methyl/N-ethyl adjacent to an activating group) is 2. The number of aromatic nitrogens is 1. The molecule has 3 rings (SSSR count). The van der Waals surface area contributed by atoms with E-state index in [-0.39, 0.29) is 22.3 Å². The highest BCUT2D eigenvalue weighted by Gasteiger charge is 2.23. The van der Waals surface area contributed by atoms with Crippen molar-refractivity contribution in [1.82, 2.24) is 10.3 Å². The fourth-order valence-electron chi connectivity index (χ4n) is 3.11. The number of ether oxygens (including phenoxy) is 1. The van der Waals surface area contributed by atoms with Gasteiger partial charge >= 0.3 is 6.61 Å². The van der Waals surface area contributed by atoms with E-state index < -0.39 is 33.2 Å². The van der Waals surface area contributed by atoms with Gasteiger partial charge in [0.05, 0.1) is 28.3 Å². The summed E-state index contributed by atoms with van der Waals surface area (Å²) in [4.78, 5) is 4.58. The number of hydrogen-bond donors (Lipinski definition) is 3. The first-order chi connectivity index (χ1) is 17.0. The lowest BCUT2D eigenvalue weighted by Crippen LogP contribution is -2.27. The first kappa shape index (κ1) is 27.3. The largest absolute Gasteiger partial charge is 0.435 e. The number of hydrogen-bond acceptors (Lipinski definition) is 7. The molecule has 0 saturated heterocycles. The van der Waals surface area contributed by atoms with Gasteiger partial charge in [-0.1, -0.05) is 11.6 Å². The first-order valence-corrected chi connectivity index (χ1v) is 12.2. The van der Waals surface area contributed by atoms with Gasteiger partial charge in [-0.2, -0.15) is 8.78 Å². The highest BCUT2D eigenvalue weighted by Crippen LogP contribution is 2.36. The lowest BCUT2D eigenvalue weighted by atomic mass is 10.2. The van der Waals surface area contributed by atoms with Crippen LogP contribution in [-0.4, -0.2) is 47.2 Å². The second-order valence-electron chi connectivity index (χ2n) is 7.44. The van der Waals surface area contributed by atoms with Crippen molar-refractivity contribution < 1.29 is 30.7 Å². The molecule has 0 unspecified atom stereocenters. The van der Waals surface area contributed by atoms with Gasteiger partial charge in [0.2, 0.25) is 0 Å². The van der Waals surface area contributed by atoms with Crippen molar-refractivity contribution in [3.63, 3.8) is 0 Å². The third-order valence-electron chi connectivity index (χ3n) is 4.85. The number of nitrogens with one attached hydrogen (secondary N) is 3. The summed E-state index contributed by atoms with van der Waals surface area (Å²) in [5.74, 6) is -2.10. The molecule has 0 bridgehead atoms. The van der Waals surface area contributed by atoms with Crippen molar-refractivity contribution in [2.75, 3.05) is 42.1 Å². The number of benzene rings is 2. The van der Waals surface area contributed by atoms with Crippen LogP contribution in [0.5, 0.6) is 5.75 Å². The monoisotopic (exact) mass is 547 g/mol. The van der Waals surface area contributed by atoms with Crippen molar-refractivity contribution in [2.45, 2.75) is 11.5 Å². The van der Waals surface area contributed by atoms with Crippen molar-refractivity contribution >= 4 is 44.5 Å². The van der Waals surface area contributed by atoms with Crippen LogP contribution in [0, 0.1) is 11.6 Å². The van der Waals surface area contributed by atoms with Crippen molar-refractivity contribution in [3.8, 4) is 5.75 Å². The molecule has 1 heterocycles. The molecule has 14 heteroatoms. The summed E-state index contributed by atoms with van der Waals surface area (Å²) in [7, 11) is -0.971. The van der Waals surface area contributed by atoms with Crippen LogP contribution < -0.4 is 25.0 Å². The van der Waals surface area contributed by atoms with Crippen molar-refractivity contribution in [2.24, 2.45) is 0 Å². The van der Waals surface area contributed by atoms with Crippen LogP contribution in [0.3, 0.4) is 0 Å². The number of rotatable bonds is 11. The Kier molecular flexibility index (Phi) is 8.82. The van der Waals surface area contributed by atoms with E-state index in [1.807, 2.05) is 0 Å². The van der Waals surface area contributed by atoms with Gasteiger partial charge in [0.15, 0.2) is 0 Å². The SMILES string of the molecule is CNCCN(C)c1cc(OC(F)F)ccc1Nc1cc(F)c(S(=O)(=O)Nc2ccc(F)cn2)cc1Cl. The van der Waals surface area contributed by atoms with Crippen LogP contribution in [0.2, 0.25) is 5.02 Å². The van der Waals surface area contributed by atoms with Gasteiger partial charge < -0.3 is 20.3 Å². The molecule has 0 amide bonds. The third-order valence-corrected chi connectivity index (χ3v) is 6.53. The summed E-state index contributed by atoms with van der Waals surface area (Å²) in [6.45, 7) is -1.95. The Morgan fingerprint density at radius 2 is 1.86 bits per heavy atom. The van der Waals surface area contributed by atoms with Gasteiger partial charge in [-0.3, -0.25) is 4.72 Å². The Morgan fingerprint density at radius 3 is 2.50 bits per heavy atom. The molecule has 1 aromatic heterocycles. The number of pyridine rings is 1. The summed E-state index contributed by atoms with van der Waals surface area (Å²) in [5.41, 5.74) is 0.847. The minimum Gasteiger partial charge on any atom is -0.435 e. The lowest BCUT2D eigenvalue weighted by Gasteiger charge is -2.24. The predicted molar refractivity (Wildman–Crippen MR) is 130 cm³/mol. The van der Waals surface area contributed by atoms with Crippen LogP contribution in [-0.2, 0) is 10.0 Å². The molecular formula is C22H22ClF4N5O3S. The second kappa shape index (κ2) is 11.6. The zero-order valence-electron chi connectivity index (χ0n) is 19.0. The standard InChI is InChI=1S/C22H22ClF4N5O3S/c1-28-7-8-32(2)19-9-14(35-22(26)27)4-5-17(19)30-18-11-16(25)20(10-15(18)23)36(33,34)31-21-6-3-13(24)12-29-21/h3-6,9-12,22,28,30H,7-8H2,1-2H3,(H,29,31). The predicted octanol–water partition coefficient (Wildman–Crippen LogP) is 4.81. The Hall–Kier alpha value is -3.29. The number of nitrogens with zero attached hydrogens (tertiary/aromatic N) is 2. The Bertz CT molecular complexity index is 1310. The average Bonchev–Trinajstić information content (AvgIpc) is 2.81. The molecule has 3 aromatic rings. The molecule has 0 atom stereocenters. The highest BCUT2D eigenvalue weighted by atomic mass is 35.5. The van der Waals surface area contributed by atoms with Gasteiger partial charge in [0.25, 0.3) is 10.0 Å². The quantitative estimate of drug-likeness (QED) is 0.296. The molecule has 36 heavy (non-hydrogen) atoms. The number of sulfonamides is 1. The second-order valence-corrected chi connectivity index (χ2v) is 9.50. The minimum absolute atomic E-state index is 0.0267. The van der Waals surface area contributed by atoms with Crippen LogP contribution in [0.1, 0.15) is 0 Å². The van der Waals surface area contributed by atoms with Gasteiger partial charge in [-0.25, -0.2) is 22.2 Å². The molecule has 0 aliphatic carbocycles. The van der Waals surface area contributed by atoms with E-state index in [0.29, 0.717) is 24.5 Å². The molecule has 2 aromatic carbocycles. The maximum atomic E-state index is 14.9. The molecule has 3 N–H and O–H groups in total. The first-order valence-electron chi connectivity index (χ1n) is 10.3. The molecular weight excluding hydrogens is 526 g/mol. The number of anilines is 4. The molecule has 0 fully saturated rings. The van der Waals surface area contributed by atoms with Gasteiger partial charge in [0.1, 0.15) is 28.1 Å². The van der Waals surface area contributed by atoms with Crippen LogP contribution in [0.15, 0.2) is 53.6 Å². The molecule has 0 aliphatic rings. The minimum atomic E-state index is -4.44. The Balaban J connectivity index is 1.92. The zero-order valence-corrected chi connectivity index (χ0v) is 20.6. The fraction of sp³-hybridized carbons (Fsp3) is 0.227. The smallest absolute Gasteiger partial charge is 0.387 e. The topological polar surface area (TPSA) is 95.6 Å². The normalized spacial score (nSPS) is 11.4. The summed E-state index contributed by atoms with van der Waals surface area (Å²) in [6.07, 6.45) is 0.803. The summed E-state index contributed by atoms with van der Waals surface area (Å²) in [5, 5.41) is 5.74. The average molecular weight is 548 g/mol. The summed E-state index contributed by atoms with van der Waals surface area (Å²) >= 11 is 6.26. The fourth-order valence-corrected chi connectivity index (χ4v) is 4.48. The van der Waals surface area contributed by atoms with Crippen LogP contribution in [0.4, 0.5) is 40.4 Å². The van der Waals surface area contributed by atoms with Crippen molar-refractivity contribution in [1.29, 1.82) is 0 Å². The van der Waals surface area contributed by atoms with E-state index in [4.69, 9.17) is 11.6 Å². The van der Waals surface area contributed by atoms with E-state index in [1.54, 1.807) is 19.0 Å². The Morgan fingerprint density at radius 1 is 1.11 bits per heavy atom. The Labute approximate surface area is 210 Å². The number of halogens is 5. The molecule has 0 aliphatic heterocycles. The molecule has 0 spiro atoms. The summed E-state index contributed by atoms with van der Waals surface area (Å²) < 4.78 is 85.2. The van der Waals surface area contributed by atoms with E-state index >= 15 is 0 Å². The van der Waals surface area contributed by atoms with Gasteiger partial charge in [-0.05, 0) is 37.4 Å². The van der Waals surface area contributed by atoms with E-state index in [0.717, 1.165) is 30.5 Å². The molecule has 0 radical (unpaired) electrons.